The summed E-state index contributed by atoms with van der Waals surface area (Å²) in [4.78, 5) is 34.9. The normalized spacial score (nSPS) is 11.2. The van der Waals surface area contributed by atoms with Gasteiger partial charge in [-0.25, -0.2) is 14.4 Å². The van der Waals surface area contributed by atoms with Crippen LogP contribution in [0, 0.1) is 0 Å². The molecule has 2 rings (SSSR count). The van der Waals surface area contributed by atoms with Gasteiger partial charge < -0.3 is 19.9 Å². The highest BCUT2D eigenvalue weighted by atomic mass is 16.5. The number of carboxylic acid groups (broad SMARTS) is 1. The lowest BCUT2D eigenvalue weighted by atomic mass is 10.0. The van der Waals surface area contributed by atoms with E-state index in [9.17, 15) is 19.5 Å². The highest BCUT2D eigenvalue weighted by molar-refractivity contribution is 5.90. The van der Waals surface area contributed by atoms with E-state index in [0.29, 0.717) is 0 Å². The Kier molecular flexibility index (Phi) is 6.11. The highest BCUT2D eigenvalue weighted by Crippen LogP contribution is 2.16. The molecule has 0 spiro atoms. The number of ether oxygens (including phenoxy) is 2. The van der Waals surface area contributed by atoms with Crippen molar-refractivity contribution in [1.82, 2.24) is 5.32 Å². The first-order chi connectivity index (χ1) is 12.0. The van der Waals surface area contributed by atoms with Gasteiger partial charge in [-0.1, -0.05) is 42.5 Å². The molecule has 2 N–H and O–H groups in total. The molecule has 25 heavy (non-hydrogen) atoms. The molecule has 2 aromatic carbocycles. The van der Waals surface area contributed by atoms with Crippen molar-refractivity contribution in [2.75, 3.05) is 7.11 Å². The summed E-state index contributed by atoms with van der Waals surface area (Å²) in [6.07, 6.45) is -0.875. The third kappa shape index (κ3) is 5.07. The zero-order valence-corrected chi connectivity index (χ0v) is 13.5. The number of carbonyl (C=O) groups excluding carboxylic acids is 2. The summed E-state index contributed by atoms with van der Waals surface area (Å²) in [6.45, 7) is 0.0151. The minimum atomic E-state index is -1.35. The summed E-state index contributed by atoms with van der Waals surface area (Å²) >= 11 is 0. The molecule has 7 nitrogen and oxygen atoms in total. The van der Waals surface area contributed by atoms with E-state index in [-0.39, 0.29) is 17.7 Å². The van der Waals surface area contributed by atoms with Gasteiger partial charge in [-0.2, -0.15) is 0 Å². The summed E-state index contributed by atoms with van der Waals surface area (Å²) in [5.41, 5.74) is 1.19. The Bertz CT molecular complexity index is 759. The number of amides is 1. The molecule has 0 heterocycles. The number of aliphatic carboxylic acids is 1. The standard InChI is InChI=1S/C18H17NO6/c1-24-17(22)14-9-5-8-13(10-14)15(16(20)21)19-18(23)25-11-12-6-3-2-4-7-12/h2-10,15H,11H2,1H3,(H,19,23)(H,20,21). The van der Waals surface area contributed by atoms with E-state index in [1.54, 1.807) is 24.3 Å². The number of carbonyl (C=O) groups is 3. The predicted octanol–water partition coefficient (Wildman–Crippen LogP) is 2.53. The minimum absolute atomic E-state index is 0.0151. The van der Waals surface area contributed by atoms with Crippen molar-refractivity contribution in [1.29, 1.82) is 0 Å². The molecule has 0 aliphatic rings. The van der Waals surface area contributed by atoms with Gasteiger partial charge in [-0.05, 0) is 23.3 Å². The number of benzene rings is 2. The van der Waals surface area contributed by atoms with Gasteiger partial charge >= 0.3 is 18.0 Å². The Hall–Kier alpha value is -3.35. The Morgan fingerprint density at radius 1 is 1.08 bits per heavy atom. The van der Waals surface area contributed by atoms with Crippen LogP contribution in [0.5, 0.6) is 0 Å². The third-order valence-corrected chi connectivity index (χ3v) is 3.36. The summed E-state index contributed by atoms with van der Waals surface area (Å²) < 4.78 is 9.63. The molecule has 0 bridgehead atoms. The quantitative estimate of drug-likeness (QED) is 0.782. The molecule has 2 aromatic rings. The average Bonchev–Trinajstić information content (AvgIpc) is 2.64. The Labute approximate surface area is 144 Å². The van der Waals surface area contributed by atoms with Crippen LogP contribution in [0.25, 0.3) is 0 Å². The molecule has 1 amide bonds. The van der Waals surface area contributed by atoms with Gasteiger partial charge in [0, 0.05) is 0 Å². The molecule has 0 aliphatic heterocycles. The summed E-state index contributed by atoms with van der Waals surface area (Å²) in [5, 5.41) is 11.6. The predicted molar refractivity (Wildman–Crippen MR) is 87.9 cm³/mol. The van der Waals surface area contributed by atoms with Crippen LogP contribution in [0.4, 0.5) is 4.79 Å². The van der Waals surface area contributed by atoms with Gasteiger partial charge in [0.2, 0.25) is 0 Å². The first-order valence-electron chi connectivity index (χ1n) is 7.39. The summed E-state index contributed by atoms with van der Waals surface area (Å²) in [7, 11) is 1.23. The van der Waals surface area contributed by atoms with Crippen LogP contribution >= 0.6 is 0 Å². The van der Waals surface area contributed by atoms with Crippen molar-refractivity contribution in [2.24, 2.45) is 0 Å². The molecule has 0 saturated heterocycles. The fourth-order valence-electron chi connectivity index (χ4n) is 2.13. The second-order valence-electron chi connectivity index (χ2n) is 5.09. The monoisotopic (exact) mass is 343 g/mol. The Morgan fingerprint density at radius 2 is 1.80 bits per heavy atom. The van der Waals surface area contributed by atoms with E-state index in [4.69, 9.17) is 4.74 Å². The molecule has 1 atom stereocenters. The molecule has 0 fully saturated rings. The van der Waals surface area contributed by atoms with Gasteiger partial charge in [0.15, 0.2) is 6.04 Å². The van der Waals surface area contributed by atoms with Gasteiger partial charge in [0.05, 0.1) is 12.7 Å². The maximum atomic E-state index is 11.9. The molecule has 0 saturated carbocycles. The van der Waals surface area contributed by atoms with Crippen LogP contribution in [0.15, 0.2) is 54.6 Å². The van der Waals surface area contributed by atoms with Crippen LogP contribution in [0.1, 0.15) is 27.5 Å². The average molecular weight is 343 g/mol. The maximum absolute atomic E-state index is 11.9. The molecule has 0 radical (unpaired) electrons. The molecule has 130 valence electrons. The number of alkyl carbamates (subject to hydrolysis) is 1. The highest BCUT2D eigenvalue weighted by Gasteiger charge is 2.23. The zero-order valence-electron chi connectivity index (χ0n) is 13.5. The first kappa shape index (κ1) is 18.0. The number of hydrogen-bond donors (Lipinski definition) is 2. The topological polar surface area (TPSA) is 102 Å². The Morgan fingerprint density at radius 3 is 2.44 bits per heavy atom. The van der Waals surface area contributed by atoms with Crippen LogP contribution in [0.3, 0.4) is 0 Å². The number of methoxy groups -OCH3 is 1. The smallest absolute Gasteiger partial charge is 0.408 e. The van der Waals surface area contributed by atoms with E-state index in [2.05, 4.69) is 10.1 Å². The van der Waals surface area contributed by atoms with Crippen molar-refractivity contribution >= 4 is 18.0 Å². The van der Waals surface area contributed by atoms with Crippen molar-refractivity contribution < 1.29 is 29.0 Å². The van der Waals surface area contributed by atoms with E-state index in [1.165, 1.54) is 31.4 Å². The molecule has 0 aromatic heterocycles. The molecular weight excluding hydrogens is 326 g/mol. The summed E-state index contributed by atoms with van der Waals surface area (Å²) in [6, 6.07) is 13.5. The Balaban J connectivity index is 2.06. The lowest BCUT2D eigenvalue weighted by Crippen LogP contribution is -2.34. The lowest BCUT2D eigenvalue weighted by molar-refractivity contribution is -0.139. The first-order valence-corrected chi connectivity index (χ1v) is 7.39. The summed E-state index contributed by atoms with van der Waals surface area (Å²) in [5.74, 6) is -1.88. The van der Waals surface area contributed by atoms with E-state index >= 15 is 0 Å². The minimum Gasteiger partial charge on any atom is -0.479 e. The van der Waals surface area contributed by atoms with Crippen LogP contribution in [-0.2, 0) is 20.9 Å². The lowest BCUT2D eigenvalue weighted by Gasteiger charge is -2.15. The van der Waals surface area contributed by atoms with Crippen LogP contribution in [0.2, 0.25) is 0 Å². The second kappa shape index (κ2) is 8.49. The molecule has 7 heteroatoms. The number of rotatable bonds is 6. The molecular formula is C18H17NO6. The fraction of sp³-hybridized carbons (Fsp3) is 0.167. The maximum Gasteiger partial charge on any atom is 0.408 e. The van der Waals surface area contributed by atoms with Crippen LogP contribution < -0.4 is 5.32 Å². The van der Waals surface area contributed by atoms with Crippen LogP contribution in [-0.4, -0.2) is 30.2 Å². The van der Waals surface area contributed by atoms with Gasteiger partial charge in [-0.15, -0.1) is 0 Å². The van der Waals surface area contributed by atoms with Gasteiger partial charge in [-0.3, -0.25) is 0 Å². The zero-order chi connectivity index (χ0) is 18.2. The van der Waals surface area contributed by atoms with Crippen molar-refractivity contribution in [3.8, 4) is 0 Å². The largest absolute Gasteiger partial charge is 0.479 e. The van der Waals surface area contributed by atoms with Gasteiger partial charge in [0.1, 0.15) is 6.61 Å². The number of esters is 1. The number of carboxylic acids is 1. The third-order valence-electron chi connectivity index (χ3n) is 3.36. The molecule has 1 unspecified atom stereocenters. The van der Waals surface area contributed by atoms with E-state index in [0.717, 1.165) is 5.56 Å². The molecule has 0 aliphatic carbocycles. The fourth-order valence-corrected chi connectivity index (χ4v) is 2.13. The van der Waals surface area contributed by atoms with Gasteiger partial charge in [0.25, 0.3) is 0 Å². The van der Waals surface area contributed by atoms with Crippen molar-refractivity contribution in [3.05, 3.63) is 71.3 Å². The number of nitrogens with one attached hydrogen (secondary N) is 1. The van der Waals surface area contributed by atoms with Crippen molar-refractivity contribution in [2.45, 2.75) is 12.6 Å². The second-order valence-corrected chi connectivity index (χ2v) is 5.09. The van der Waals surface area contributed by atoms with E-state index in [1.807, 2.05) is 6.07 Å². The number of hydrogen-bond acceptors (Lipinski definition) is 5. The SMILES string of the molecule is COC(=O)c1cccc(C(NC(=O)OCc2ccccc2)C(=O)O)c1. The van der Waals surface area contributed by atoms with E-state index < -0.39 is 24.1 Å². The van der Waals surface area contributed by atoms with Crippen molar-refractivity contribution in [3.63, 3.8) is 0 Å².